The van der Waals surface area contributed by atoms with Crippen molar-refractivity contribution in [2.75, 3.05) is 6.61 Å². The Balaban J connectivity index is 2.47. The van der Waals surface area contributed by atoms with E-state index >= 15 is 0 Å². The number of unbranched alkanes of at least 4 members (excludes halogenated alkanes) is 1. The first-order valence-corrected chi connectivity index (χ1v) is 9.17. The van der Waals surface area contributed by atoms with Crippen molar-refractivity contribution in [2.24, 2.45) is 0 Å². The van der Waals surface area contributed by atoms with E-state index in [2.05, 4.69) is 29.5 Å². The van der Waals surface area contributed by atoms with Crippen LogP contribution in [0.3, 0.4) is 0 Å². The molecule has 2 rings (SSSR count). The third-order valence-electron chi connectivity index (χ3n) is 2.97. The number of benzene rings is 1. The van der Waals surface area contributed by atoms with Gasteiger partial charge in [0.15, 0.2) is 0 Å². The summed E-state index contributed by atoms with van der Waals surface area (Å²) in [5.74, 6) is 0.804. The normalized spacial score (nSPS) is 22.1. The van der Waals surface area contributed by atoms with Crippen molar-refractivity contribution >= 4 is 39.1 Å². The number of hydrogen-bond acceptors (Lipinski definition) is 3. The van der Waals surface area contributed by atoms with E-state index in [1.807, 2.05) is 31.2 Å². The maximum atomic E-state index is 12.9. The third kappa shape index (κ3) is 3.06. The molecule has 1 unspecified atom stereocenters. The predicted molar refractivity (Wildman–Crippen MR) is 86.9 cm³/mol. The lowest BCUT2D eigenvalue weighted by Crippen LogP contribution is -2.19. The summed E-state index contributed by atoms with van der Waals surface area (Å²) in [6.45, 7) is 4.34. The van der Waals surface area contributed by atoms with Crippen LogP contribution in [0.4, 0.5) is 0 Å². The maximum Gasteiger partial charge on any atom is 0.411 e. The van der Waals surface area contributed by atoms with Gasteiger partial charge in [-0.05, 0) is 42.0 Å². The van der Waals surface area contributed by atoms with Crippen molar-refractivity contribution in [1.29, 1.82) is 0 Å². The number of rotatable bonds is 5. The molecule has 0 N–H and O–H groups in total. The van der Waals surface area contributed by atoms with E-state index in [1.165, 1.54) is 0 Å². The minimum Gasteiger partial charge on any atom is -0.425 e. The number of halogens is 1. The molecule has 0 saturated carbocycles. The number of fused-ring (bicyclic) bond motifs is 1. The fraction of sp³-hybridized carbons (Fsp3) is 0.429. The lowest BCUT2D eigenvalue weighted by atomic mass is 10.1. The van der Waals surface area contributed by atoms with Crippen LogP contribution in [0.5, 0.6) is 0 Å². The van der Waals surface area contributed by atoms with Gasteiger partial charge in [0.2, 0.25) is 0 Å². The molecule has 0 spiro atoms. The maximum absolute atomic E-state index is 12.9. The topological polar surface area (TPSA) is 35.5 Å². The van der Waals surface area contributed by atoms with E-state index in [1.54, 1.807) is 0 Å². The van der Waals surface area contributed by atoms with Gasteiger partial charge >= 0.3 is 7.60 Å². The number of hydrogen-bond donors (Lipinski definition) is 0. The Kier molecular flexibility index (Phi) is 5.09. The van der Waals surface area contributed by atoms with Crippen LogP contribution < -0.4 is 5.30 Å². The standard InChI is InChI=1S/C14H18IO3P/c1-3-5-9-12-14(15)11-8-6-7-10-13(11)19(16,18-12)17-4-2/h6-8,10H,3-5,9H2,1-2H3. The molecule has 1 heterocycles. The summed E-state index contributed by atoms with van der Waals surface area (Å²) in [5, 5.41) is 0.682. The van der Waals surface area contributed by atoms with E-state index in [9.17, 15) is 4.57 Å². The zero-order chi connectivity index (χ0) is 13.9. The van der Waals surface area contributed by atoms with Gasteiger partial charge in [-0.3, -0.25) is 4.52 Å². The quantitative estimate of drug-likeness (QED) is 0.530. The average Bonchev–Trinajstić information content (AvgIpc) is 2.42. The second kappa shape index (κ2) is 6.42. The van der Waals surface area contributed by atoms with Gasteiger partial charge in [-0.15, -0.1) is 0 Å². The highest BCUT2D eigenvalue weighted by molar-refractivity contribution is 14.1. The fourth-order valence-corrected chi connectivity index (χ4v) is 5.13. The van der Waals surface area contributed by atoms with Gasteiger partial charge in [0.25, 0.3) is 0 Å². The Labute approximate surface area is 128 Å². The summed E-state index contributed by atoms with van der Waals surface area (Å²) in [5.41, 5.74) is 0.984. The van der Waals surface area contributed by atoms with Crippen molar-refractivity contribution in [1.82, 2.24) is 0 Å². The molecule has 0 aromatic heterocycles. The van der Waals surface area contributed by atoms with Crippen LogP contribution in [0.15, 0.2) is 30.0 Å². The molecule has 1 aliphatic heterocycles. The Hall–Kier alpha value is -0.320. The average molecular weight is 392 g/mol. The van der Waals surface area contributed by atoms with E-state index in [0.717, 1.165) is 34.2 Å². The predicted octanol–water partition coefficient (Wildman–Crippen LogP) is 4.87. The van der Waals surface area contributed by atoms with E-state index in [-0.39, 0.29) is 0 Å². The Morgan fingerprint density at radius 3 is 2.74 bits per heavy atom. The molecular formula is C14H18IO3P. The van der Waals surface area contributed by atoms with Crippen molar-refractivity contribution in [3.8, 4) is 0 Å². The molecule has 0 bridgehead atoms. The summed E-state index contributed by atoms with van der Waals surface area (Å²) < 4.78 is 25.2. The van der Waals surface area contributed by atoms with Gasteiger partial charge in [0.1, 0.15) is 5.76 Å². The summed E-state index contributed by atoms with van der Waals surface area (Å²) in [6.07, 6.45) is 2.91. The molecule has 0 radical (unpaired) electrons. The van der Waals surface area contributed by atoms with E-state index in [0.29, 0.717) is 11.9 Å². The van der Waals surface area contributed by atoms with Gasteiger partial charge in [-0.1, -0.05) is 31.5 Å². The van der Waals surface area contributed by atoms with Crippen molar-refractivity contribution in [3.63, 3.8) is 0 Å². The van der Waals surface area contributed by atoms with Gasteiger partial charge < -0.3 is 4.52 Å². The highest BCUT2D eigenvalue weighted by Gasteiger charge is 2.37. The van der Waals surface area contributed by atoms with Crippen LogP contribution in [0.2, 0.25) is 0 Å². The molecule has 1 aromatic rings. The molecule has 1 atom stereocenters. The second-order valence-electron chi connectivity index (χ2n) is 4.36. The zero-order valence-electron chi connectivity index (χ0n) is 11.2. The van der Waals surface area contributed by atoms with Crippen molar-refractivity contribution in [3.05, 3.63) is 35.6 Å². The molecule has 0 amide bonds. The molecule has 1 aliphatic rings. The smallest absolute Gasteiger partial charge is 0.411 e. The molecule has 0 saturated heterocycles. The monoisotopic (exact) mass is 392 g/mol. The summed E-state index contributed by atoms with van der Waals surface area (Å²) in [4.78, 5) is 0. The Morgan fingerprint density at radius 1 is 1.32 bits per heavy atom. The third-order valence-corrected chi connectivity index (χ3v) is 6.19. The van der Waals surface area contributed by atoms with Crippen molar-refractivity contribution in [2.45, 2.75) is 33.1 Å². The number of allylic oxidation sites excluding steroid dienone is 1. The minimum absolute atomic E-state index is 0.378. The first-order valence-electron chi connectivity index (χ1n) is 6.55. The SMILES string of the molecule is CCCCC1=C(I)c2ccccc2P(=O)(OCC)O1. The Morgan fingerprint density at radius 2 is 2.05 bits per heavy atom. The van der Waals surface area contributed by atoms with Crippen LogP contribution in [-0.4, -0.2) is 6.61 Å². The van der Waals surface area contributed by atoms with Gasteiger partial charge in [0, 0.05) is 12.0 Å². The minimum atomic E-state index is -3.20. The highest BCUT2D eigenvalue weighted by Crippen LogP contribution is 2.56. The van der Waals surface area contributed by atoms with E-state index in [4.69, 9.17) is 9.05 Å². The van der Waals surface area contributed by atoms with E-state index < -0.39 is 7.60 Å². The highest BCUT2D eigenvalue weighted by atomic mass is 127. The van der Waals surface area contributed by atoms with Gasteiger partial charge in [-0.2, -0.15) is 0 Å². The van der Waals surface area contributed by atoms with Crippen LogP contribution >= 0.6 is 30.2 Å². The van der Waals surface area contributed by atoms with Crippen molar-refractivity contribution < 1.29 is 13.6 Å². The largest absolute Gasteiger partial charge is 0.425 e. The van der Waals surface area contributed by atoms with Crippen LogP contribution in [0.1, 0.15) is 38.7 Å². The second-order valence-corrected chi connectivity index (χ2v) is 7.36. The van der Waals surface area contributed by atoms with Crippen LogP contribution in [0.25, 0.3) is 3.58 Å². The van der Waals surface area contributed by atoms with Gasteiger partial charge in [-0.25, -0.2) is 4.57 Å². The molecule has 5 heteroatoms. The Bertz CT molecular complexity index is 539. The molecule has 104 valence electrons. The lowest BCUT2D eigenvalue weighted by molar-refractivity contribution is 0.254. The van der Waals surface area contributed by atoms with Crippen LogP contribution in [-0.2, 0) is 13.6 Å². The molecule has 1 aromatic carbocycles. The summed E-state index contributed by atoms with van der Waals surface area (Å²) in [7, 11) is -3.20. The fourth-order valence-electron chi connectivity index (χ4n) is 2.04. The molecular weight excluding hydrogens is 374 g/mol. The van der Waals surface area contributed by atoms with Crippen LogP contribution in [0, 0.1) is 0 Å². The lowest BCUT2D eigenvalue weighted by Gasteiger charge is -2.28. The molecule has 0 aliphatic carbocycles. The molecule has 0 fully saturated rings. The summed E-state index contributed by atoms with van der Waals surface area (Å²) >= 11 is 2.27. The first-order chi connectivity index (χ1) is 9.12. The van der Waals surface area contributed by atoms with Gasteiger partial charge in [0.05, 0.1) is 15.5 Å². The first kappa shape index (κ1) is 15.1. The summed E-state index contributed by atoms with van der Waals surface area (Å²) in [6, 6.07) is 7.64. The molecule has 3 nitrogen and oxygen atoms in total. The molecule has 19 heavy (non-hydrogen) atoms. The zero-order valence-corrected chi connectivity index (χ0v) is 14.2.